The molecule has 5 nitrogen and oxygen atoms in total. The van der Waals surface area contributed by atoms with Crippen LogP contribution in [-0.4, -0.2) is 36.2 Å². The summed E-state index contributed by atoms with van der Waals surface area (Å²) in [5, 5.41) is 19.5. The number of aliphatic hydroxyl groups is 1. The van der Waals surface area contributed by atoms with Crippen LogP contribution in [0, 0.1) is 13.7 Å². The molecule has 100 valence electrons. The van der Waals surface area contributed by atoms with E-state index >= 15 is 0 Å². The molecule has 0 saturated carbocycles. The number of benzene rings is 1. The van der Waals surface area contributed by atoms with E-state index in [1.54, 1.807) is 22.6 Å². The lowest BCUT2D eigenvalue weighted by atomic mass is 10.2. The lowest BCUT2D eigenvalue weighted by Crippen LogP contribution is -2.31. The molecule has 0 amide bonds. The Balaban J connectivity index is 2.98. The Morgan fingerprint density at radius 1 is 1.50 bits per heavy atom. The number of hydrogen-bond acceptors (Lipinski definition) is 4. The first-order chi connectivity index (χ1) is 8.45. The van der Waals surface area contributed by atoms with E-state index in [1.165, 1.54) is 23.1 Å². The lowest BCUT2D eigenvalue weighted by molar-refractivity contribution is -0.385. The van der Waals surface area contributed by atoms with Crippen molar-refractivity contribution in [3.8, 4) is 0 Å². The van der Waals surface area contributed by atoms with Crippen LogP contribution >= 0.6 is 22.6 Å². The van der Waals surface area contributed by atoms with E-state index in [-0.39, 0.29) is 18.8 Å². The number of nitrogens with zero attached hydrogens (tertiary/aromatic N) is 2. The monoisotopic (exact) mass is 372 g/mol. The molecule has 0 fully saturated rings. The minimum Gasteiger partial charge on any atom is -0.395 e. The van der Waals surface area contributed by atoms with Gasteiger partial charge in [0.2, 0.25) is 0 Å². The number of halogens is 3. The third-order valence-electron chi connectivity index (χ3n) is 2.22. The Labute approximate surface area is 116 Å². The molecule has 0 bridgehead atoms. The second-order valence-corrected chi connectivity index (χ2v) is 4.62. The molecule has 0 aliphatic heterocycles. The molecule has 0 aliphatic carbocycles. The number of aliphatic hydroxyl groups excluding tert-OH is 1. The summed E-state index contributed by atoms with van der Waals surface area (Å²) in [5.74, 6) is 0. The van der Waals surface area contributed by atoms with Gasteiger partial charge >= 0.3 is 0 Å². The molecule has 1 aromatic rings. The standard InChI is InChI=1S/C10H11F2IN2O3/c11-10(12)6-14(3-4-16)7-1-2-9(15(17)18)8(13)5-7/h1-2,5,10,16H,3-4,6H2. The van der Waals surface area contributed by atoms with Crippen LogP contribution in [0.2, 0.25) is 0 Å². The molecule has 1 N–H and O–H groups in total. The molecule has 8 heteroatoms. The van der Waals surface area contributed by atoms with E-state index in [2.05, 4.69) is 0 Å². The highest BCUT2D eigenvalue weighted by molar-refractivity contribution is 14.1. The Bertz CT molecular complexity index is 432. The third kappa shape index (κ3) is 4.02. The van der Waals surface area contributed by atoms with E-state index < -0.39 is 17.9 Å². The highest BCUT2D eigenvalue weighted by Crippen LogP contribution is 2.26. The van der Waals surface area contributed by atoms with Crippen LogP contribution in [0.5, 0.6) is 0 Å². The van der Waals surface area contributed by atoms with E-state index in [1.807, 2.05) is 0 Å². The van der Waals surface area contributed by atoms with Gasteiger partial charge in [0.25, 0.3) is 12.1 Å². The van der Waals surface area contributed by atoms with Crippen molar-refractivity contribution in [3.63, 3.8) is 0 Å². The van der Waals surface area contributed by atoms with Crippen molar-refractivity contribution < 1.29 is 18.8 Å². The molecule has 1 rings (SSSR count). The predicted octanol–water partition coefficient (Wildman–Crippen LogP) is 2.26. The SMILES string of the molecule is O=[N+]([O-])c1ccc(N(CCO)CC(F)F)cc1I. The molecule has 0 aromatic heterocycles. The van der Waals surface area contributed by atoms with Crippen molar-refractivity contribution >= 4 is 34.0 Å². The molecule has 0 spiro atoms. The molecule has 0 atom stereocenters. The van der Waals surface area contributed by atoms with Gasteiger partial charge < -0.3 is 10.0 Å². The molecule has 18 heavy (non-hydrogen) atoms. The molecule has 0 saturated heterocycles. The van der Waals surface area contributed by atoms with Crippen molar-refractivity contribution in [2.24, 2.45) is 0 Å². The summed E-state index contributed by atoms with van der Waals surface area (Å²) in [6.45, 7) is -0.729. The summed E-state index contributed by atoms with van der Waals surface area (Å²) < 4.78 is 25.1. The fourth-order valence-electron chi connectivity index (χ4n) is 1.45. The molecular formula is C10H11F2IN2O3. The van der Waals surface area contributed by atoms with Gasteiger partial charge in [0, 0.05) is 18.3 Å². The first-order valence-electron chi connectivity index (χ1n) is 5.03. The molecule has 0 aliphatic rings. The number of alkyl halides is 2. The van der Waals surface area contributed by atoms with Crippen LogP contribution in [0.4, 0.5) is 20.2 Å². The maximum absolute atomic E-state index is 12.4. The van der Waals surface area contributed by atoms with Crippen LogP contribution in [0.3, 0.4) is 0 Å². The Kier molecular flexibility index (Phi) is 5.66. The Hall–Kier alpha value is -1.03. The first-order valence-corrected chi connectivity index (χ1v) is 6.11. The van der Waals surface area contributed by atoms with Crippen LogP contribution in [0.1, 0.15) is 0 Å². The average molecular weight is 372 g/mol. The van der Waals surface area contributed by atoms with E-state index in [9.17, 15) is 18.9 Å². The summed E-state index contributed by atoms with van der Waals surface area (Å²) in [7, 11) is 0. The first kappa shape index (κ1) is 15.0. The maximum atomic E-state index is 12.4. The van der Waals surface area contributed by atoms with Gasteiger partial charge in [0.05, 0.1) is 21.6 Å². The van der Waals surface area contributed by atoms with Crippen molar-refractivity contribution in [2.45, 2.75) is 6.43 Å². The number of anilines is 1. The molecule has 1 aromatic carbocycles. The fourth-order valence-corrected chi connectivity index (χ4v) is 2.15. The van der Waals surface area contributed by atoms with Crippen molar-refractivity contribution in [2.75, 3.05) is 24.6 Å². The highest BCUT2D eigenvalue weighted by Gasteiger charge is 2.16. The van der Waals surface area contributed by atoms with Crippen molar-refractivity contribution in [3.05, 3.63) is 31.9 Å². The fraction of sp³-hybridized carbons (Fsp3) is 0.400. The van der Waals surface area contributed by atoms with Gasteiger partial charge in [-0.2, -0.15) is 0 Å². The summed E-state index contributed by atoms with van der Waals surface area (Å²) >= 11 is 1.78. The second kappa shape index (κ2) is 6.78. The van der Waals surface area contributed by atoms with E-state index in [4.69, 9.17) is 5.11 Å². The second-order valence-electron chi connectivity index (χ2n) is 3.45. The van der Waals surface area contributed by atoms with E-state index in [0.29, 0.717) is 9.26 Å². The number of hydrogen-bond donors (Lipinski definition) is 1. The zero-order chi connectivity index (χ0) is 13.7. The zero-order valence-electron chi connectivity index (χ0n) is 9.22. The normalized spacial score (nSPS) is 10.7. The van der Waals surface area contributed by atoms with Gasteiger partial charge in [-0.1, -0.05) is 0 Å². The minimum atomic E-state index is -2.54. The third-order valence-corrected chi connectivity index (χ3v) is 3.09. The van der Waals surface area contributed by atoms with Gasteiger partial charge in [0.15, 0.2) is 0 Å². The summed E-state index contributed by atoms with van der Waals surface area (Å²) in [6.07, 6.45) is -2.54. The number of nitro benzene ring substituents is 1. The summed E-state index contributed by atoms with van der Waals surface area (Å²) in [5.41, 5.74) is 0.361. The summed E-state index contributed by atoms with van der Waals surface area (Å²) in [6, 6.07) is 4.13. The van der Waals surface area contributed by atoms with Crippen molar-refractivity contribution in [1.29, 1.82) is 0 Å². The molecule has 0 radical (unpaired) electrons. The zero-order valence-corrected chi connectivity index (χ0v) is 11.4. The predicted molar refractivity (Wildman–Crippen MR) is 71.1 cm³/mol. The Morgan fingerprint density at radius 2 is 2.17 bits per heavy atom. The molecule has 0 heterocycles. The summed E-state index contributed by atoms with van der Waals surface area (Å²) in [4.78, 5) is 11.4. The maximum Gasteiger partial charge on any atom is 0.282 e. The van der Waals surface area contributed by atoms with Crippen LogP contribution < -0.4 is 4.90 Å². The largest absolute Gasteiger partial charge is 0.395 e. The Morgan fingerprint density at radius 3 is 2.61 bits per heavy atom. The van der Waals surface area contributed by atoms with E-state index in [0.717, 1.165) is 0 Å². The van der Waals surface area contributed by atoms with Crippen LogP contribution in [0.15, 0.2) is 18.2 Å². The number of rotatable bonds is 6. The van der Waals surface area contributed by atoms with Gasteiger partial charge in [-0.15, -0.1) is 0 Å². The quantitative estimate of drug-likeness (QED) is 0.473. The van der Waals surface area contributed by atoms with Crippen LogP contribution in [0.25, 0.3) is 0 Å². The molecular weight excluding hydrogens is 361 g/mol. The van der Waals surface area contributed by atoms with Crippen LogP contribution in [-0.2, 0) is 0 Å². The van der Waals surface area contributed by atoms with Gasteiger partial charge in [-0.05, 0) is 34.7 Å². The van der Waals surface area contributed by atoms with Crippen molar-refractivity contribution in [1.82, 2.24) is 0 Å². The van der Waals surface area contributed by atoms with Gasteiger partial charge in [-0.3, -0.25) is 10.1 Å². The number of nitro groups is 1. The smallest absolute Gasteiger partial charge is 0.282 e. The van der Waals surface area contributed by atoms with Gasteiger partial charge in [-0.25, -0.2) is 8.78 Å². The lowest BCUT2D eigenvalue weighted by Gasteiger charge is -2.23. The topological polar surface area (TPSA) is 66.6 Å². The minimum absolute atomic E-state index is 0.0538. The molecule has 0 unspecified atom stereocenters. The average Bonchev–Trinajstić information content (AvgIpc) is 2.27. The van der Waals surface area contributed by atoms with Gasteiger partial charge in [0.1, 0.15) is 0 Å². The highest BCUT2D eigenvalue weighted by atomic mass is 127.